The van der Waals surface area contributed by atoms with Crippen molar-refractivity contribution in [2.45, 2.75) is 43.8 Å². The number of carbonyl (C=O) groups is 2. The maximum atomic E-state index is 13.3. The van der Waals surface area contributed by atoms with Crippen LogP contribution in [0.25, 0.3) is 0 Å². The van der Waals surface area contributed by atoms with E-state index >= 15 is 0 Å². The lowest BCUT2D eigenvalue weighted by Crippen LogP contribution is -2.58. The first-order valence-corrected chi connectivity index (χ1v) is 14.8. The lowest BCUT2D eigenvalue weighted by molar-refractivity contribution is -0.139. The Morgan fingerprint density at radius 3 is 2.24 bits per heavy atom. The molecule has 3 aromatic rings. The summed E-state index contributed by atoms with van der Waals surface area (Å²) in [6.45, 7) is 5.41. The highest BCUT2D eigenvalue weighted by Gasteiger charge is 2.32. The van der Waals surface area contributed by atoms with Gasteiger partial charge in [-0.25, -0.2) is 21.9 Å². The largest absolute Gasteiger partial charge is 0.483 e. The van der Waals surface area contributed by atoms with Crippen LogP contribution in [0.15, 0.2) is 71.6 Å². The van der Waals surface area contributed by atoms with Gasteiger partial charge < -0.3 is 9.64 Å². The molecule has 218 valence electrons. The first-order chi connectivity index (χ1) is 19.4. The van der Waals surface area contributed by atoms with E-state index in [-0.39, 0.29) is 47.5 Å². The first kappa shape index (κ1) is 30.4. The predicted octanol–water partition coefficient (Wildman–Crippen LogP) is 4.17. The zero-order valence-electron chi connectivity index (χ0n) is 22.5. The highest BCUT2D eigenvalue weighted by atomic mass is 35.5. The molecule has 1 N–H and O–H groups in total. The van der Waals surface area contributed by atoms with Gasteiger partial charge in [0.1, 0.15) is 17.4 Å². The molecule has 4 rings (SSSR count). The molecular formula is C29H30ClF2N3O5S. The van der Waals surface area contributed by atoms with Crippen LogP contribution in [0, 0.1) is 11.6 Å². The number of benzene rings is 3. The van der Waals surface area contributed by atoms with Crippen LogP contribution in [0.2, 0.25) is 5.02 Å². The van der Waals surface area contributed by atoms with Crippen molar-refractivity contribution >= 4 is 33.4 Å². The molecule has 1 saturated heterocycles. The van der Waals surface area contributed by atoms with Gasteiger partial charge in [0.15, 0.2) is 6.61 Å². The zero-order chi connectivity index (χ0) is 29.7. The van der Waals surface area contributed by atoms with E-state index in [0.717, 1.165) is 29.8 Å². The quantitative estimate of drug-likeness (QED) is 0.393. The molecule has 1 aliphatic rings. The van der Waals surface area contributed by atoms with E-state index in [2.05, 4.69) is 4.90 Å². The Hall–Kier alpha value is -3.54. The second-order valence-corrected chi connectivity index (χ2v) is 12.1. The molecule has 0 spiro atoms. The highest BCUT2D eigenvalue weighted by molar-refractivity contribution is 7.90. The van der Waals surface area contributed by atoms with Gasteiger partial charge in [0.2, 0.25) is 5.91 Å². The Labute approximate surface area is 242 Å². The van der Waals surface area contributed by atoms with Crippen LogP contribution in [-0.2, 0) is 32.6 Å². The monoisotopic (exact) mass is 605 g/mol. The third kappa shape index (κ3) is 8.02. The zero-order valence-corrected chi connectivity index (χ0v) is 24.1. The molecule has 8 nitrogen and oxygen atoms in total. The molecule has 0 aromatic heterocycles. The minimum absolute atomic E-state index is 0.0537. The van der Waals surface area contributed by atoms with Crippen molar-refractivity contribution in [2.24, 2.45) is 0 Å². The lowest BCUT2D eigenvalue weighted by atomic mass is 10.1. The van der Waals surface area contributed by atoms with Crippen molar-refractivity contribution in [3.8, 4) is 5.75 Å². The van der Waals surface area contributed by atoms with Gasteiger partial charge in [0, 0.05) is 42.3 Å². The minimum Gasteiger partial charge on any atom is -0.483 e. The van der Waals surface area contributed by atoms with E-state index < -0.39 is 21.7 Å². The molecule has 2 amide bonds. The summed E-state index contributed by atoms with van der Waals surface area (Å²) < 4.78 is 59.2. The minimum atomic E-state index is -4.22. The summed E-state index contributed by atoms with van der Waals surface area (Å²) in [6.07, 6.45) is -0.389. The number of piperazine rings is 1. The molecule has 12 heteroatoms. The maximum Gasteiger partial charge on any atom is 0.264 e. The van der Waals surface area contributed by atoms with Crippen LogP contribution in [0.4, 0.5) is 8.78 Å². The standard InChI is InChI=1S/C29H30ClF2N3O5S/c1-19-16-35(20(2)15-34(19)17-21-3-6-24(31)7-4-21)29(37)18-40-27-12-5-23(30)13-22(27)14-28(36)33-41(38,39)26-10-8-25(32)9-11-26/h3-13,19-20H,14-18H2,1-2H3,(H,33,36)/t19-,20+/m0/s1. The number of carbonyl (C=O) groups excluding carboxylic acids is 2. The van der Waals surface area contributed by atoms with Crippen molar-refractivity contribution in [1.82, 2.24) is 14.5 Å². The number of rotatable bonds is 9. The van der Waals surface area contributed by atoms with Gasteiger partial charge in [-0.1, -0.05) is 23.7 Å². The van der Waals surface area contributed by atoms with Crippen molar-refractivity contribution in [3.63, 3.8) is 0 Å². The molecule has 0 aliphatic carbocycles. The number of nitrogens with one attached hydrogen (secondary N) is 1. The van der Waals surface area contributed by atoms with Crippen molar-refractivity contribution in [1.29, 1.82) is 0 Å². The Kier molecular flexibility index (Phi) is 9.62. The molecular weight excluding hydrogens is 576 g/mol. The van der Waals surface area contributed by atoms with Gasteiger partial charge >= 0.3 is 0 Å². The Balaban J connectivity index is 1.36. The maximum absolute atomic E-state index is 13.3. The molecule has 0 bridgehead atoms. The summed E-state index contributed by atoms with van der Waals surface area (Å²) in [7, 11) is -4.22. The fourth-order valence-corrected chi connectivity index (χ4v) is 5.85. The summed E-state index contributed by atoms with van der Waals surface area (Å²) in [6, 6.07) is 14.9. The van der Waals surface area contributed by atoms with Crippen LogP contribution in [0.3, 0.4) is 0 Å². The number of ether oxygens (including phenoxy) is 1. The van der Waals surface area contributed by atoms with Crippen LogP contribution >= 0.6 is 11.6 Å². The van der Waals surface area contributed by atoms with E-state index in [1.54, 1.807) is 17.0 Å². The van der Waals surface area contributed by atoms with Gasteiger partial charge in [-0.15, -0.1) is 0 Å². The summed E-state index contributed by atoms with van der Waals surface area (Å²) in [5.41, 5.74) is 1.28. The third-order valence-electron chi connectivity index (χ3n) is 6.83. The Morgan fingerprint density at radius 1 is 0.951 bits per heavy atom. The molecule has 1 fully saturated rings. The topological polar surface area (TPSA) is 96.0 Å². The van der Waals surface area contributed by atoms with Gasteiger partial charge in [-0.3, -0.25) is 14.5 Å². The second-order valence-electron chi connectivity index (χ2n) is 10.0. The molecule has 0 saturated carbocycles. The fourth-order valence-electron chi connectivity index (χ4n) is 4.67. The Morgan fingerprint density at radius 2 is 1.59 bits per heavy atom. The van der Waals surface area contributed by atoms with Crippen molar-refractivity contribution in [2.75, 3.05) is 19.7 Å². The van der Waals surface area contributed by atoms with E-state index in [1.165, 1.54) is 30.3 Å². The van der Waals surface area contributed by atoms with Crippen LogP contribution < -0.4 is 9.46 Å². The summed E-state index contributed by atoms with van der Waals surface area (Å²) in [4.78, 5) is 29.5. The second kappa shape index (κ2) is 13.0. The van der Waals surface area contributed by atoms with E-state index in [0.29, 0.717) is 30.2 Å². The van der Waals surface area contributed by atoms with Gasteiger partial charge in [-0.2, -0.15) is 0 Å². The van der Waals surface area contributed by atoms with Crippen LogP contribution in [0.1, 0.15) is 25.0 Å². The summed E-state index contributed by atoms with van der Waals surface area (Å²) >= 11 is 6.10. The molecule has 0 unspecified atom stereocenters. The lowest BCUT2D eigenvalue weighted by Gasteiger charge is -2.44. The number of amides is 2. The number of hydrogen-bond acceptors (Lipinski definition) is 6. The molecule has 0 radical (unpaired) electrons. The number of nitrogens with zero attached hydrogens (tertiary/aromatic N) is 2. The van der Waals surface area contributed by atoms with Crippen LogP contribution in [0.5, 0.6) is 5.75 Å². The Bertz CT molecular complexity index is 1500. The van der Waals surface area contributed by atoms with Crippen molar-refractivity contribution in [3.05, 3.63) is 94.5 Å². The summed E-state index contributed by atoms with van der Waals surface area (Å²) in [5, 5.41) is 0.299. The van der Waals surface area contributed by atoms with Crippen molar-refractivity contribution < 1.29 is 31.5 Å². The molecule has 3 aromatic carbocycles. The molecule has 41 heavy (non-hydrogen) atoms. The first-order valence-electron chi connectivity index (χ1n) is 12.9. The average molecular weight is 606 g/mol. The number of sulfonamides is 1. The van der Waals surface area contributed by atoms with E-state index in [9.17, 15) is 26.8 Å². The van der Waals surface area contributed by atoms with E-state index in [4.69, 9.17) is 16.3 Å². The predicted molar refractivity (Wildman–Crippen MR) is 150 cm³/mol. The normalized spacial score (nSPS) is 17.7. The molecule has 2 atom stereocenters. The molecule has 1 aliphatic heterocycles. The van der Waals surface area contributed by atoms with Crippen LogP contribution in [-0.4, -0.2) is 61.8 Å². The smallest absolute Gasteiger partial charge is 0.264 e. The molecule has 1 heterocycles. The third-order valence-corrected chi connectivity index (χ3v) is 8.46. The number of hydrogen-bond donors (Lipinski definition) is 1. The fraction of sp³-hybridized carbons (Fsp3) is 0.310. The summed E-state index contributed by atoms with van der Waals surface area (Å²) in [5.74, 6) is -1.78. The van der Waals surface area contributed by atoms with Gasteiger partial charge in [-0.05, 0) is 74.0 Å². The highest BCUT2D eigenvalue weighted by Crippen LogP contribution is 2.25. The number of halogens is 3. The van der Waals surface area contributed by atoms with Gasteiger partial charge in [0.05, 0.1) is 11.3 Å². The van der Waals surface area contributed by atoms with E-state index in [1.807, 2.05) is 18.6 Å². The average Bonchev–Trinajstić information content (AvgIpc) is 2.91. The SMILES string of the molecule is C[C@@H]1CN(Cc2ccc(F)cc2)[C@@H](C)CN1C(=O)COc1ccc(Cl)cc1CC(=O)NS(=O)(=O)c1ccc(F)cc1. The van der Waals surface area contributed by atoms with Gasteiger partial charge in [0.25, 0.3) is 15.9 Å².